The molecule has 3 heteroatoms. The normalized spacial score (nSPS) is 12.4. The van der Waals surface area contributed by atoms with E-state index in [2.05, 4.69) is 32.3 Å². The molecule has 0 aliphatic rings. The zero-order valence-electron chi connectivity index (χ0n) is 14.6. The van der Waals surface area contributed by atoms with Crippen molar-refractivity contribution in [2.75, 3.05) is 19.7 Å². The maximum Gasteiger partial charge on any atom is 0.333 e. The van der Waals surface area contributed by atoms with Gasteiger partial charge in [0.2, 0.25) is 0 Å². The Morgan fingerprint density at radius 2 is 1.67 bits per heavy atom. The fourth-order valence-electron chi connectivity index (χ4n) is 2.64. The average Bonchev–Trinajstić information content (AvgIpc) is 2.47. The van der Waals surface area contributed by atoms with Crippen molar-refractivity contribution >= 4 is 5.97 Å². The number of unbranched alkanes of at least 4 members (excludes halogenated alkanes) is 4. The average molecular weight is 297 g/mol. The van der Waals surface area contributed by atoms with Crippen LogP contribution in [0.25, 0.3) is 0 Å². The molecule has 1 atom stereocenters. The number of esters is 1. The van der Waals surface area contributed by atoms with Gasteiger partial charge in [0.15, 0.2) is 0 Å². The van der Waals surface area contributed by atoms with Gasteiger partial charge in [-0.25, -0.2) is 4.79 Å². The Kier molecular flexibility index (Phi) is 12.4. The molecule has 124 valence electrons. The molecule has 0 spiro atoms. The molecule has 1 unspecified atom stereocenters. The third kappa shape index (κ3) is 9.67. The fourth-order valence-corrected chi connectivity index (χ4v) is 2.64. The number of hydrogen-bond donors (Lipinski definition) is 0. The number of rotatable bonds is 13. The minimum atomic E-state index is -0.267. The fraction of sp³-hybridized carbons (Fsp3) is 0.833. The van der Waals surface area contributed by atoms with Gasteiger partial charge in [0.05, 0.1) is 6.61 Å². The van der Waals surface area contributed by atoms with Gasteiger partial charge in [-0.1, -0.05) is 59.5 Å². The molecule has 0 aromatic carbocycles. The van der Waals surface area contributed by atoms with Crippen LogP contribution in [0.15, 0.2) is 12.2 Å². The second-order valence-electron chi connectivity index (χ2n) is 5.78. The molecular weight excluding hydrogens is 262 g/mol. The zero-order valence-corrected chi connectivity index (χ0v) is 14.6. The molecule has 0 amide bonds. The van der Waals surface area contributed by atoms with Gasteiger partial charge in [0.1, 0.15) is 0 Å². The van der Waals surface area contributed by atoms with Crippen molar-refractivity contribution in [2.45, 2.75) is 78.7 Å². The summed E-state index contributed by atoms with van der Waals surface area (Å²) in [4.78, 5) is 13.9. The van der Waals surface area contributed by atoms with E-state index in [9.17, 15) is 4.79 Å². The lowest BCUT2D eigenvalue weighted by atomic mass is 10.0. The summed E-state index contributed by atoms with van der Waals surface area (Å²) in [5.41, 5.74) is 0.481. The number of nitrogens with zero attached hydrogens (tertiary/aromatic N) is 1. The number of ether oxygens (including phenoxy) is 1. The topological polar surface area (TPSA) is 29.5 Å². The third-order valence-electron chi connectivity index (χ3n) is 4.00. The van der Waals surface area contributed by atoms with E-state index in [1.807, 2.05) is 0 Å². The largest absolute Gasteiger partial charge is 0.462 e. The van der Waals surface area contributed by atoms with Crippen LogP contribution in [0.5, 0.6) is 0 Å². The molecule has 0 bridgehead atoms. The van der Waals surface area contributed by atoms with Crippen LogP contribution in [0, 0.1) is 0 Å². The first-order valence-corrected chi connectivity index (χ1v) is 8.63. The molecule has 3 nitrogen and oxygen atoms in total. The highest BCUT2D eigenvalue weighted by atomic mass is 16.5. The van der Waals surface area contributed by atoms with E-state index in [4.69, 9.17) is 4.74 Å². The molecule has 21 heavy (non-hydrogen) atoms. The minimum absolute atomic E-state index is 0.267. The van der Waals surface area contributed by atoms with Gasteiger partial charge in [-0.05, 0) is 32.9 Å². The molecule has 0 saturated carbocycles. The van der Waals surface area contributed by atoms with Crippen LogP contribution in [0.1, 0.15) is 72.6 Å². The zero-order chi connectivity index (χ0) is 16.1. The smallest absolute Gasteiger partial charge is 0.333 e. The number of carbonyl (C=O) groups is 1. The maximum absolute atomic E-state index is 11.4. The van der Waals surface area contributed by atoms with Gasteiger partial charge in [-0.2, -0.15) is 0 Å². The SMILES string of the molecule is C=C(C)C(=O)OCCC(CCCCCCC)N(CC)CC. The molecule has 0 heterocycles. The minimum Gasteiger partial charge on any atom is -0.462 e. The summed E-state index contributed by atoms with van der Waals surface area (Å²) in [5.74, 6) is -0.267. The van der Waals surface area contributed by atoms with Gasteiger partial charge in [0.25, 0.3) is 0 Å². The van der Waals surface area contributed by atoms with Gasteiger partial charge in [0, 0.05) is 11.6 Å². The lowest BCUT2D eigenvalue weighted by Crippen LogP contribution is -2.36. The monoisotopic (exact) mass is 297 g/mol. The molecule has 0 fully saturated rings. The maximum atomic E-state index is 11.4. The molecule has 0 aliphatic carbocycles. The van der Waals surface area contributed by atoms with Crippen molar-refractivity contribution in [2.24, 2.45) is 0 Å². The van der Waals surface area contributed by atoms with Crippen molar-refractivity contribution in [3.8, 4) is 0 Å². The third-order valence-corrected chi connectivity index (χ3v) is 4.00. The summed E-state index contributed by atoms with van der Waals surface area (Å²) in [7, 11) is 0. The first kappa shape index (κ1) is 20.2. The van der Waals surface area contributed by atoms with Crippen molar-refractivity contribution in [3.63, 3.8) is 0 Å². The van der Waals surface area contributed by atoms with Crippen LogP contribution in [0.4, 0.5) is 0 Å². The van der Waals surface area contributed by atoms with Crippen LogP contribution in [0.2, 0.25) is 0 Å². The Bertz CT molecular complexity index is 285. The Morgan fingerprint density at radius 1 is 1.05 bits per heavy atom. The second-order valence-corrected chi connectivity index (χ2v) is 5.78. The van der Waals surface area contributed by atoms with Gasteiger partial charge >= 0.3 is 5.97 Å². The highest BCUT2D eigenvalue weighted by Gasteiger charge is 2.16. The van der Waals surface area contributed by atoms with E-state index in [1.165, 1.54) is 38.5 Å². The molecule has 0 saturated heterocycles. The molecule has 0 aromatic rings. The lowest BCUT2D eigenvalue weighted by Gasteiger charge is -2.29. The first-order chi connectivity index (χ1) is 10.1. The number of carbonyl (C=O) groups excluding carboxylic acids is 1. The highest BCUT2D eigenvalue weighted by Crippen LogP contribution is 2.15. The van der Waals surface area contributed by atoms with Crippen molar-refractivity contribution in [1.29, 1.82) is 0 Å². The lowest BCUT2D eigenvalue weighted by molar-refractivity contribution is -0.139. The Hall–Kier alpha value is -0.830. The van der Waals surface area contributed by atoms with Gasteiger partial charge in [-0.3, -0.25) is 0 Å². The molecular formula is C18H35NO2. The summed E-state index contributed by atoms with van der Waals surface area (Å²) in [5, 5.41) is 0. The van der Waals surface area contributed by atoms with Gasteiger partial charge in [-0.15, -0.1) is 0 Å². The Labute approximate surface area is 131 Å². The van der Waals surface area contributed by atoms with Crippen LogP contribution in [0.3, 0.4) is 0 Å². The molecule has 0 aliphatic heterocycles. The molecule has 0 aromatic heterocycles. The summed E-state index contributed by atoms with van der Waals surface area (Å²) >= 11 is 0. The first-order valence-electron chi connectivity index (χ1n) is 8.63. The predicted octanol–water partition coefficient (Wildman–Crippen LogP) is 4.57. The highest BCUT2D eigenvalue weighted by molar-refractivity contribution is 5.86. The summed E-state index contributed by atoms with van der Waals surface area (Å²) in [6.45, 7) is 14.6. The quantitative estimate of drug-likeness (QED) is 0.283. The summed E-state index contributed by atoms with van der Waals surface area (Å²) < 4.78 is 5.25. The molecule has 0 rings (SSSR count). The van der Waals surface area contributed by atoms with E-state index >= 15 is 0 Å². The van der Waals surface area contributed by atoms with Crippen molar-refractivity contribution in [1.82, 2.24) is 4.90 Å². The van der Waals surface area contributed by atoms with Crippen molar-refractivity contribution < 1.29 is 9.53 Å². The summed E-state index contributed by atoms with van der Waals surface area (Å²) in [6.07, 6.45) is 8.69. The van der Waals surface area contributed by atoms with Crippen LogP contribution in [-0.4, -0.2) is 36.6 Å². The van der Waals surface area contributed by atoms with E-state index in [0.29, 0.717) is 18.2 Å². The molecule has 0 N–H and O–H groups in total. The van der Waals surface area contributed by atoms with Crippen LogP contribution >= 0.6 is 0 Å². The standard InChI is InChI=1S/C18H35NO2/c1-6-9-10-11-12-13-17(19(7-2)8-3)14-15-21-18(20)16(4)5/h17H,4,6-15H2,1-3,5H3. The van der Waals surface area contributed by atoms with Crippen LogP contribution in [-0.2, 0) is 9.53 Å². The second kappa shape index (κ2) is 12.9. The van der Waals surface area contributed by atoms with Gasteiger partial charge < -0.3 is 9.64 Å². The molecule has 0 radical (unpaired) electrons. The Morgan fingerprint density at radius 3 is 2.19 bits per heavy atom. The van der Waals surface area contributed by atoms with E-state index in [-0.39, 0.29) is 5.97 Å². The van der Waals surface area contributed by atoms with Crippen molar-refractivity contribution in [3.05, 3.63) is 12.2 Å². The number of hydrogen-bond acceptors (Lipinski definition) is 3. The van der Waals surface area contributed by atoms with E-state index < -0.39 is 0 Å². The van der Waals surface area contributed by atoms with Crippen LogP contribution < -0.4 is 0 Å². The Balaban J connectivity index is 4.14. The van der Waals surface area contributed by atoms with E-state index in [1.54, 1.807) is 6.92 Å². The summed E-state index contributed by atoms with van der Waals surface area (Å²) in [6, 6.07) is 0.527. The van der Waals surface area contributed by atoms with E-state index in [0.717, 1.165) is 19.5 Å². The predicted molar refractivity (Wildman–Crippen MR) is 90.5 cm³/mol.